The van der Waals surface area contributed by atoms with Crippen LogP contribution in [0, 0.1) is 0 Å². The van der Waals surface area contributed by atoms with Gasteiger partial charge in [-0.1, -0.05) is 0 Å². The number of hydrogen-bond donors (Lipinski definition) is 0. The molecule has 0 spiro atoms. The van der Waals surface area contributed by atoms with Crippen molar-refractivity contribution < 1.29 is 0 Å². The van der Waals surface area contributed by atoms with Crippen molar-refractivity contribution in [3.05, 3.63) is 30.8 Å². The Morgan fingerprint density at radius 1 is 1.08 bits per heavy atom. The van der Waals surface area contributed by atoms with Crippen LogP contribution in [0.25, 0.3) is 0 Å². The molecular weight excluding hydrogens is 168 g/mol. The van der Waals surface area contributed by atoms with Crippen molar-refractivity contribution in [3.63, 3.8) is 0 Å². The highest BCUT2D eigenvalue weighted by molar-refractivity contribution is 7.78. The molecule has 0 atom stereocenters. The first-order valence-corrected chi connectivity index (χ1v) is 3.68. The Hall–Kier alpha value is -1.53. The predicted molar refractivity (Wildman–Crippen MR) is 53.9 cm³/mol. The van der Waals surface area contributed by atoms with Crippen LogP contribution >= 0.6 is 12.2 Å². The van der Waals surface area contributed by atoms with Crippen LogP contribution in [0.1, 0.15) is 0 Å². The van der Waals surface area contributed by atoms with Crippen LogP contribution in [0.5, 0.6) is 0 Å². The largest absolute Gasteiger partial charge is 0.207 e. The molecule has 0 amide bonds. The minimum Gasteiger partial charge on any atom is -0.207 e. The average molecular weight is 174 g/mol. The third-order valence-electron chi connectivity index (χ3n) is 1.23. The fourth-order valence-electron chi connectivity index (χ4n) is 0.746. The Morgan fingerprint density at radius 3 is 2.00 bits per heavy atom. The highest BCUT2D eigenvalue weighted by Crippen LogP contribution is 2.17. The fourth-order valence-corrected chi connectivity index (χ4v) is 0.851. The molecule has 0 aliphatic carbocycles. The smallest absolute Gasteiger partial charge is 0.0741 e. The number of benzene rings is 1. The van der Waals surface area contributed by atoms with Crippen LogP contribution in [-0.4, -0.2) is 11.0 Å². The van der Waals surface area contributed by atoms with Crippen LogP contribution in [0.3, 0.4) is 0 Å². The van der Waals surface area contributed by atoms with Crippen molar-refractivity contribution in [2.45, 2.75) is 0 Å². The number of isothiocyanates is 1. The van der Waals surface area contributed by atoms with E-state index in [4.69, 9.17) is 0 Å². The second-order valence-corrected chi connectivity index (χ2v) is 2.17. The SMILES string of the molecule is C=C=Nc1ccc(N=C=S)cc1. The summed E-state index contributed by atoms with van der Waals surface area (Å²) < 4.78 is 0. The zero-order valence-electron chi connectivity index (χ0n) is 6.32. The van der Waals surface area contributed by atoms with E-state index >= 15 is 0 Å². The Morgan fingerprint density at radius 2 is 1.58 bits per heavy atom. The molecule has 2 nitrogen and oxygen atoms in total. The van der Waals surface area contributed by atoms with E-state index in [1.54, 1.807) is 12.1 Å². The van der Waals surface area contributed by atoms with E-state index in [-0.39, 0.29) is 0 Å². The molecule has 0 aliphatic rings. The maximum Gasteiger partial charge on any atom is 0.0741 e. The molecule has 0 N–H and O–H groups in total. The van der Waals surface area contributed by atoms with Crippen LogP contribution < -0.4 is 0 Å². The molecule has 1 aromatic rings. The topological polar surface area (TPSA) is 24.7 Å². The van der Waals surface area contributed by atoms with Crippen LogP contribution in [0.4, 0.5) is 11.4 Å². The molecule has 12 heavy (non-hydrogen) atoms. The lowest BCUT2D eigenvalue weighted by Gasteiger charge is -1.90. The first-order chi connectivity index (χ1) is 5.86. The molecule has 0 aromatic heterocycles. The summed E-state index contributed by atoms with van der Waals surface area (Å²) in [6, 6.07) is 7.22. The lowest BCUT2D eigenvalue weighted by molar-refractivity contribution is 1.50. The minimum atomic E-state index is 0.771. The Balaban J connectivity index is 2.99. The lowest BCUT2D eigenvalue weighted by atomic mass is 10.3. The van der Waals surface area contributed by atoms with Crippen molar-refractivity contribution >= 4 is 34.6 Å². The third kappa shape index (κ3) is 2.26. The Kier molecular flexibility index (Phi) is 3.12. The molecule has 1 aromatic carbocycles. The molecule has 1 rings (SSSR count). The van der Waals surface area contributed by atoms with E-state index < -0.39 is 0 Å². The van der Waals surface area contributed by atoms with Crippen molar-refractivity contribution in [2.75, 3.05) is 0 Å². The van der Waals surface area contributed by atoms with Gasteiger partial charge in [-0.15, -0.1) is 0 Å². The van der Waals surface area contributed by atoms with Crippen molar-refractivity contribution in [1.29, 1.82) is 0 Å². The maximum atomic E-state index is 4.46. The number of thiocarbonyl (C=S) groups is 1. The number of hydrogen-bond acceptors (Lipinski definition) is 3. The predicted octanol–water partition coefficient (Wildman–Crippen LogP) is 2.91. The van der Waals surface area contributed by atoms with Crippen molar-refractivity contribution in [2.24, 2.45) is 9.98 Å². The minimum absolute atomic E-state index is 0.771. The average Bonchev–Trinajstić information content (AvgIpc) is 2.09. The summed E-state index contributed by atoms with van der Waals surface area (Å²) in [4.78, 5) is 7.65. The molecule has 0 radical (unpaired) electrons. The summed E-state index contributed by atoms with van der Waals surface area (Å²) in [6.45, 7) is 3.37. The van der Waals surface area contributed by atoms with E-state index in [2.05, 4.69) is 39.8 Å². The molecular formula is C9H6N2S. The van der Waals surface area contributed by atoms with Crippen LogP contribution in [0.15, 0.2) is 40.8 Å². The van der Waals surface area contributed by atoms with Crippen molar-refractivity contribution in [1.82, 2.24) is 0 Å². The lowest BCUT2D eigenvalue weighted by Crippen LogP contribution is -1.63. The van der Waals surface area contributed by atoms with E-state index in [0.29, 0.717) is 0 Å². The van der Waals surface area contributed by atoms with Gasteiger partial charge in [-0.05, 0) is 48.9 Å². The number of nitrogens with zero attached hydrogens (tertiary/aromatic N) is 2. The molecule has 0 bridgehead atoms. The quantitative estimate of drug-likeness (QED) is 0.499. The van der Waals surface area contributed by atoms with Crippen LogP contribution in [-0.2, 0) is 0 Å². The first-order valence-electron chi connectivity index (χ1n) is 3.27. The van der Waals surface area contributed by atoms with Gasteiger partial charge in [0.1, 0.15) is 0 Å². The van der Waals surface area contributed by atoms with Gasteiger partial charge in [0.15, 0.2) is 0 Å². The first kappa shape index (κ1) is 8.57. The second kappa shape index (κ2) is 4.37. The third-order valence-corrected chi connectivity index (χ3v) is 1.32. The summed E-state index contributed by atoms with van der Waals surface area (Å²) >= 11 is 4.46. The standard InChI is InChI=1S/C9H6N2S/c1-2-10-8-3-5-9(6-4-8)11-7-12/h3-6H,1H2. The van der Waals surface area contributed by atoms with Gasteiger partial charge < -0.3 is 0 Å². The van der Waals surface area contributed by atoms with Gasteiger partial charge in [0.2, 0.25) is 0 Å². The van der Waals surface area contributed by atoms with E-state index in [1.807, 2.05) is 12.1 Å². The van der Waals surface area contributed by atoms with Gasteiger partial charge in [0.25, 0.3) is 0 Å². The molecule has 0 aliphatic heterocycles. The number of rotatable bonds is 2. The van der Waals surface area contributed by atoms with Gasteiger partial charge in [-0.2, -0.15) is 4.99 Å². The van der Waals surface area contributed by atoms with Gasteiger partial charge >= 0.3 is 0 Å². The zero-order chi connectivity index (χ0) is 8.81. The van der Waals surface area contributed by atoms with E-state index in [1.165, 1.54) is 0 Å². The molecule has 0 saturated heterocycles. The Labute approximate surface area is 76.0 Å². The van der Waals surface area contributed by atoms with Gasteiger partial charge in [0.05, 0.1) is 16.5 Å². The van der Waals surface area contributed by atoms with Gasteiger partial charge in [-0.25, -0.2) is 4.99 Å². The van der Waals surface area contributed by atoms with Gasteiger partial charge in [0, 0.05) is 0 Å². The normalized spacial score (nSPS) is 8.00. The molecule has 0 unspecified atom stereocenters. The molecule has 0 saturated carbocycles. The monoisotopic (exact) mass is 174 g/mol. The summed E-state index contributed by atoms with van der Waals surface area (Å²) in [6.07, 6.45) is 0. The highest BCUT2D eigenvalue weighted by atomic mass is 32.1. The molecule has 0 fully saturated rings. The molecule has 3 heteroatoms. The summed E-state index contributed by atoms with van der Waals surface area (Å²) in [7, 11) is 0. The number of aliphatic imine (C=N–C) groups is 2. The Bertz CT molecular complexity index is 318. The maximum absolute atomic E-state index is 4.46. The highest BCUT2D eigenvalue weighted by Gasteiger charge is 1.88. The molecule has 0 heterocycles. The van der Waals surface area contributed by atoms with E-state index in [0.717, 1.165) is 11.4 Å². The van der Waals surface area contributed by atoms with Crippen LogP contribution in [0.2, 0.25) is 0 Å². The van der Waals surface area contributed by atoms with E-state index in [9.17, 15) is 0 Å². The van der Waals surface area contributed by atoms with Gasteiger partial charge in [-0.3, -0.25) is 0 Å². The zero-order valence-corrected chi connectivity index (χ0v) is 7.14. The summed E-state index contributed by atoms with van der Waals surface area (Å²) in [5.74, 6) is 2.44. The summed E-state index contributed by atoms with van der Waals surface area (Å²) in [5, 5.41) is 2.29. The summed E-state index contributed by atoms with van der Waals surface area (Å²) in [5.41, 5.74) is 1.57. The fraction of sp³-hybridized carbons (Fsp3) is 0. The second-order valence-electron chi connectivity index (χ2n) is 1.99. The molecule has 58 valence electrons. The van der Waals surface area contributed by atoms with Crippen molar-refractivity contribution in [3.8, 4) is 0 Å².